The smallest absolute Gasteiger partial charge is 0.343 e. The minimum atomic E-state index is -2.12. The first-order valence-electron chi connectivity index (χ1n) is 19.4. The number of esters is 2. The Bertz CT molecular complexity index is 2200. The predicted octanol–water partition coefficient (Wildman–Crippen LogP) is 5.15. The van der Waals surface area contributed by atoms with Crippen molar-refractivity contribution in [2.45, 2.75) is 85.6 Å². The number of nitrogens with one attached hydrogen (secondary N) is 1. The number of carbonyl (C=O) groups is 6. The predicted molar refractivity (Wildman–Crippen MR) is 216 cm³/mol. The number of amides is 1. The molecule has 9 atom stereocenters. The SMILES string of the molecule is COc1ccc(C(=O)Oc2c(C)c3c4c5c2C(=O)C(=CC5=O)NC(=O)/C(C)=C\C=C[C@H](C)[C@H](O)[C@@H](C)[C@H](O)[C@H](C)[C@H](OC(C)=O)[C@H](C)[C@@H](OC)/C=C\O[C@@](C)(O3)C4=O)cc1. The second kappa shape index (κ2) is 18.2. The van der Waals surface area contributed by atoms with E-state index in [2.05, 4.69) is 5.32 Å². The summed E-state index contributed by atoms with van der Waals surface area (Å²) < 4.78 is 34.6. The fraction of sp³-hybridized carbons (Fsp3) is 0.422. The number of rotatable bonds is 5. The number of benzene rings is 2. The van der Waals surface area contributed by atoms with E-state index in [0.29, 0.717) is 5.75 Å². The molecule has 0 fully saturated rings. The number of hydrogen-bond acceptors (Lipinski definition) is 14. The number of ketones is 3. The van der Waals surface area contributed by atoms with Crippen LogP contribution in [0.1, 0.15) is 95.5 Å². The number of hydrogen-bond donors (Lipinski definition) is 3. The molecule has 2 aromatic rings. The van der Waals surface area contributed by atoms with Gasteiger partial charge < -0.3 is 44.0 Å². The van der Waals surface area contributed by atoms with Gasteiger partial charge in [-0.3, -0.25) is 24.0 Å². The van der Waals surface area contributed by atoms with Crippen LogP contribution in [0.4, 0.5) is 0 Å². The zero-order chi connectivity index (χ0) is 44.4. The molecule has 1 amide bonds. The van der Waals surface area contributed by atoms with Crippen LogP contribution in [-0.4, -0.2) is 89.8 Å². The minimum absolute atomic E-state index is 0.0152. The molecule has 3 heterocycles. The van der Waals surface area contributed by atoms with Gasteiger partial charge in [0.25, 0.3) is 11.7 Å². The Balaban J connectivity index is 1.65. The van der Waals surface area contributed by atoms with Gasteiger partial charge in [0.1, 0.15) is 23.4 Å². The van der Waals surface area contributed by atoms with Gasteiger partial charge in [0.05, 0.1) is 59.6 Å². The monoisotopic (exact) mass is 829 g/mol. The van der Waals surface area contributed by atoms with Gasteiger partial charge in [-0.2, -0.15) is 0 Å². The first kappa shape index (κ1) is 45.2. The molecule has 3 aliphatic heterocycles. The maximum Gasteiger partial charge on any atom is 0.343 e. The van der Waals surface area contributed by atoms with Gasteiger partial charge in [-0.25, -0.2) is 4.79 Å². The van der Waals surface area contributed by atoms with Crippen molar-refractivity contribution in [3.8, 4) is 17.2 Å². The number of aliphatic hydroxyl groups is 2. The van der Waals surface area contributed by atoms with Crippen molar-refractivity contribution in [3.05, 3.63) is 100.0 Å². The molecule has 5 bridgehead atoms. The van der Waals surface area contributed by atoms with Gasteiger partial charge in [-0.15, -0.1) is 0 Å². The third kappa shape index (κ3) is 8.83. The lowest BCUT2D eigenvalue weighted by molar-refractivity contribution is -0.160. The fourth-order valence-corrected chi connectivity index (χ4v) is 7.61. The Morgan fingerprint density at radius 1 is 0.867 bits per heavy atom. The van der Waals surface area contributed by atoms with Crippen LogP contribution in [-0.2, 0) is 23.8 Å². The van der Waals surface area contributed by atoms with E-state index in [4.69, 9.17) is 28.4 Å². The Labute approximate surface area is 348 Å². The van der Waals surface area contributed by atoms with Crippen molar-refractivity contribution >= 4 is 35.2 Å². The molecular formula is C45H51NO14. The highest BCUT2D eigenvalue weighted by atomic mass is 16.7. The van der Waals surface area contributed by atoms with Crippen molar-refractivity contribution in [2.24, 2.45) is 23.7 Å². The van der Waals surface area contributed by atoms with Crippen molar-refractivity contribution < 1.29 is 67.4 Å². The zero-order valence-corrected chi connectivity index (χ0v) is 35.2. The molecule has 0 saturated heterocycles. The van der Waals surface area contributed by atoms with Gasteiger partial charge in [-0.05, 0) is 44.2 Å². The molecule has 320 valence electrons. The number of aliphatic hydroxyl groups excluding tert-OH is 2. The van der Waals surface area contributed by atoms with Crippen LogP contribution in [0.3, 0.4) is 0 Å². The van der Waals surface area contributed by atoms with Gasteiger partial charge in [0.2, 0.25) is 5.78 Å². The highest BCUT2D eigenvalue weighted by molar-refractivity contribution is 6.31. The van der Waals surface area contributed by atoms with Crippen LogP contribution in [0.25, 0.3) is 0 Å². The summed E-state index contributed by atoms with van der Waals surface area (Å²) in [4.78, 5) is 82.1. The van der Waals surface area contributed by atoms with Crippen LogP contribution in [0.5, 0.6) is 17.2 Å². The summed E-state index contributed by atoms with van der Waals surface area (Å²) in [5.41, 5.74) is -1.39. The van der Waals surface area contributed by atoms with E-state index >= 15 is 0 Å². The van der Waals surface area contributed by atoms with Crippen molar-refractivity contribution in [1.29, 1.82) is 0 Å². The topological polar surface area (TPSA) is 210 Å². The molecule has 0 spiro atoms. The number of fused-ring (bicyclic) bond motifs is 14. The molecule has 3 N–H and O–H groups in total. The van der Waals surface area contributed by atoms with E-state index < -0.39 is 106 Å². The van der Waals surface area contributed by atoms with Gasteiger partial charge in [0, 0.05) is 61.8 Å². The highest BCUT2D eigenvalue weighted by Gasteiger charge is 2.52. The number of methoxy groups -OCH3 is 2. The molecule has 15 heteroatoms. The van der Waals surface area contributed by atoms with Gasteiger partial charge >= 0.3 is 17.7 Å². The van der Waals surface area contributed by atoms with Gasteiger partial charge in [-0.1, -0.05) is 45.9 Å². The highest BCUT2D eigenvalue weighted by Crippen LogP contribution is 2.48. The fourth-order valence-electron chi connectivity index (χ4n) is 7.61. The summed E-state index contributed by atoms with van der Waals surface area (Å²) in [6, 6.07) is 5.94. The summed E-state index contributed by atoms with van der Waals surface area (Å²) in [5.74, 6) is -9.67. The molecular weight excluding hydrogens is 778 g/mol. The van der Waals surface area contributed by atoms with Crippen LogP contribution in [0.2, 0.25) is 0 Å². The van der Waals surface area contributed by atoms with E-state index in [-0.39, 0.29) is 33.8 Å². The Kier molecular flexibility index (Phi) is 13.7. The molecule has 1 aliphatic carbocycles. The second-order valence-electron chi connectivity index (χ2n) is 15.5. The van der Waals surface area contributed by atoms with Gasteiger partial charge in [0.15, 0.2) is 5.78 Å². The Hall–Kier alpha value is -5.90. The molecule has 6 rings (SSSR count). The van der Waals surface area contributed by atoms with E-state index in [1.54, 1.807) is 33.8 Å². The van der Waals surface area contributed by atoms with Crippen LogP contribution in [0.15, 0.2) is 72.2 Å². The second-order valence-corrected chi connectivity index (χ2v) is 15.5. The summed E-state index contributed by atoms with van der Waals surface area (Å²) >= 11 is 0. The average molecular weight is 830 g/mol. The lowest BCUT2D eigenvalue weighted by Gasteiger charge is -2.38. The molecule has 0 radical (unpaired) electrons. The van der Waals surface area contributed by atoms with Crippen LogP contribution >= 0.6 is 0 Å². The third-order valence-electron chi connectivity index (χ3n) is 11.3. The summed E-state index contributed by atoms with van der Waals surface area (Å²) in [5, 5.41) is 25.2. The molecule has 2 aromatic carbocycles. The molecule has 60 heavy (non-hydrogen) atoms. The standard InChI is InChI=1S/C45H51NO14/c1-21-12-11-13-22(2)43(53)46-30-20-31(48)33-34(38(30)51)40(59-44(54)28-14-16-29(55-9)17-15-28)26(6)41-35(33)42(52)45(8,60-41)57-19-18-32(56-10)23(3)39(58-27(7)47)25(5)37(50)24(4)36(21)49/h11-21,23-25,32,36-37,39,49-50H,1-10H3,(H,46,53)/b12-11?,19-18-,22-13-/t21-,23+,24+,25-,32-,36-,37-,39+,45-/m0/s1. The number of carbonyl (C=O) groups excluding carboxylic acids is 6. The van der Waals surface area contributed by atoms with Crippen molar-refractivity contribution in [3.63, 3.8) is 0 Å². The number of allylic oxidation sites excluding steroid dienone is 4. The average Bonchev–Trinajstić information content (AvgIpc) is 3.48. The lowest BCUT2D eigenvalue weighted by Crippen LogP contribution is -2.46. The lowest BCUT2D eigenvalue weighted by atomic mass is 9.78. The number of Topliss-reactive ketones (excluding diaryl/α,β-unsaturated/α-hetero) is 2. The van der Waals surface area contributed by atoms with E-state index in [0.717, 1.165) is 12.3 Å². The van der Waals surface area contributed by atoms with Crippen LogP contribution in [0, 0.1) is 30.6 Å². The first-order valence-corrected chi connectivity index (χ1v) is 19.4. The summed E-state index contributed by atoms with van der Waals surface area (Å²) in [6.07, 6.45) is 4.12. The van der Waals surface area contributed by atoms with E-state index in [9.17, 15) is 39.0 Å². The molecule has 0 saturated carbocycles. The molecule has 4 aliphatic rings. The van der Waals surface area contributed by atoms with Crippen molar-refractivity contribution in [1.82, 2.24) is 5.32 Å². The molecule has 0 unspecified atom stereocenters. The maximum atomic E-state index is 14.4. The zero-order valence-electron chi connectivity index (χ0n) is 35.2. The maximum absolute atomic E-state index is 14.4. The largest absolute Gasteiger partial charge is 0.497 e. The molecule has 0 aromatic heterocycles. The van der Waals surface area contributed by atoms with Crippen molar-refractivity contribution in [2.75, 3.05) is 14.2 Å². The first-order chi connectivity index (χ1) is 28.3. The van der Waals surface area contributed by atoms with E-state index in [1.165, 1.54) is 84.4 Å². The molecule has 15 nitrogen and oxygen atoms in total. The Morgan fingerprint density at radius 3 is 2.15 bits per heavy atom. The quantitative estimate of drug-likeness (QED) is 0.263. The normalized spacial score (nSPS) is 29.9. The Morgan fingerprint density at radius 2 is 1.53 bits per heavy atom. The summed E-state index contributed by atoms with van der Waals surface area (Å²) in [7, 11) is 2.87. The third-order valence-corrected chi connectivity index (χ3v) is 11.3. The van der Waals surface area contributed by atoms with Crippen LogP contribution < -0.4 is 19.5 Å². The summed E-state index contributed by atoms with van der Waals surface area (Å²) in [6.45, 7) is 12.3. The number of ether oxygens (including phenoxy) is 6. The minimum Gasteiger partial charge on any atom is -0.497 e. The van der Waals surface area contributed by atoms with E-state index in [1.807, 2.05) is 0 Å².